The van der Waals surface area contributed by atoms with E-state index in [4.69, 9.17) is 4.74 Å². The zero-order chi connectivity index (χ0) is 18.4. The van der Waals surface area contributed by atoms with Crippen LogP contribution in [0.5, 0.6) is 0 Å². The zero-order valence-electron chi connectivity index (χ0n) is 15.2. The summed E-state index contributed by atoms with van der Waals surface area (Å²) < 4.78 is 19.3. The van der Waals surface area contributed by atoms with Crippen molar-refractivity contribution in [3.63, 3.8) is 0 Å². The Labute approximate surface area is 157 Å². The molecule has 2 aromatic rings. The fourth-order valence-corrected chi connectivity index (χ4v) is 3.99. The average molecular weight is 377 g/mol. The van der Waals surface area contributed by atoms with Gasteiger partial charge in [-0.1, -0.05) is 12.1 Å². The Bertz CT molecular complexity index is 756. The van der Waals surface area contributed by atoms with Crippen LogP contribution in [0.2, 0.25) is 0 Å². The fraction of sp³-hybridized carbons (Fsp3) is 0.474. The molecule has 1 aliphatic rings. The molecule has 1 saturated heterocycles. The molecule has 0 amide bonds. The number of hydrogen-bond donors (Lipinski definition) is 2. The number of ether oxygens (including phenoxy) is 1. The van der Waals surface area contributed by atoms with E-state index in [-0.39, 0.29) is 11.2 Å². The van der Waals surface area contributed by atoms with Gasteiger partial charge < -0.3 is 15.4 Å². The second kappa shape index (κ2) is 8.60. The average Bonchev–Trinajstić information content (AvgIpc) is 3.08. The number of thiazole rings is 1. The maximum atomic E-state index is 13.8. The first-order valence-electron chi connectivity index (χ1n) is 8.81. The van der Waals surface area contributed by atoms with Crippen molar-refractivity contribution >= 4 is 17.3 Å². The molecule has 1 aromatic carbocycles. The summed E-state index contributed by atoms with van der Waals surface area (Å²) in [5.41, 5.74) is 0.856. The number of benzene rings is 1. The van der Waals surface area contributed by atoms with Gasteiger partial charge in [0.15, 0.2) is 5.96 Å². The quantitative estimate of drug-likeness (QED) is 0.622. The van der Waals surface area contributed by atoms with Gasteiger partial charge >= 0.3 is 0 Å². The van der Waals surface area contributed by atoms with Crippen LogP contribution in [0.15, 0.2) is 35.5 Å². The highest BCUT2D eigenvalue weighted by Gasteiger charge is 2.34. The number of nitrogens with zero attached hydrogens (tertiary/aromatic N) is 2. The van der Waals surface area contributed by atoms with E-state index >= 15 is 0 Å². The van der Waals surface area contributed by atoms with Crippen molar-refractivity contribution in [2.24, 2.45) is 4.99 Å². The molecule has 1 aromatic heterocycles. The fourth-order valence-electron chi connectivity index (χ4n) is 3.26. The third-order valence-electron chi connectivity index (χ3n) is 4.78. The van der Waals surface area contributed by atoms with Crippen molar-refractivity contribution in [3.05, 3.63) is 51.7 Å². The van der Waals surface area contributed by atoms with E-state index in [0.29, 0.717) is 26.3 Å². The molecule has 0 radical (unpaired) electrons. The Morgan fingerprint density at radius 1 is 1.35 bits per heavy atom. The molecule has 0 atom stereocenters. The molecule has 0 saturated carbocycles. The minimum absolute atomic E-state index is 0.157. The number of aryl methyl sites for hydroxylation is 1. The summed E-state index contributed by atoms with van der Waals surface area (Å²) in [4.78, 5) is 9.85. The van der Waals surface area contributed by atoms with Crippen molar-refractivity contribution in [3.8, 4) is 0 Å². The summed E-state index contributed by atoms with van der Waals surface area (Å²) in [7, 11) is 1.75. The number of halogens is 1. The smallest absolute Gasteiger partial charge is 0.191 e. The van der Waals surface area contributed by atoms with Gasteiger partial charge in [0.25, 0.3) is 0 Å². The van der Waals surface area contributed by atoms with E-state index in [9.17, 15) is 4.39 Å². The topological polar surface area (TPSA) is 58.5 Å². The van der Waals surface area contributed by atoms with Crippen LogP contribution in [0.3, 0.4) is 0 Å². The predicted molar refractivity (Wildman–Crippen MR) is 103 cm³/mol. The maximum Gasteiger partial charge on any atom is 0.191 e. The number of guanidine groups is 1. The second-order valence-corrected chi connectivity index (χ2v) is 7.87. The highest BCUT2D eigenvalue weighted by atomic mass is 32.1. The first-order chi connectivity index (χ1) is 12.6. The molecule has 26 heavy (non-hydrogen) atoms. The van der Waals surface area contributed by atoms with Crippen molar-refractivity contribution in [2.45, 2.75) is 31.7 Å². The van der Waals surface area contributed by atoms with Gasteiger partial charge in [-0.25, -0.2) is 9.37 Å². The summed E-state index contributed by atoms with van der Waals surface area (Å²) in [5.74, 6) is 0.523. The van der Waals surface area contributed by atoms with E-state index in [1.165, 1.54) is 10.9 Å². The number of hydrogen-bond acceptors (Lipinski definition) is 4. The third kappa shape index (κ3) is 4.59. The SMILES string of the molecule is CN=C(NCc1ncc(C)s1)NCC1(c2cccc(F)c2)CCOCC1. The summed E-state index contributed by atoms with van der Waals surface area (Å²) in [6.07, 6.45) is 3.58. The number of nitrogens with one attached hydrogen (secondary N) is 2. The minimum atomic E-state index is -0.199. The normalized spacial score (nSPS) is 17.1. The molecule has 1 fully saturated rings. The second-order valence-electron chi connectivity index (χ2n) is 6.55. The summed E-state index contributed by atoms with van der Waals surface area (Å²) in [5, 5.41) is 7.74. The third-order valence-corrected chi connectivity index (χ3v) is 5.69. The van der Waals surface area contributed by atoms with Gasteiger partial charge in [0.05, 0.1) is 6.54 Å². The molecule has 0 unspecified atom stereocenters. The van der Waals surface area contributed by atoms with Crippen molar-refractivity contribution in [1.29, 1.82) is 0 Å². The Morgan fingerprint density at radius 3 is 2.81 bits per heavy atom. The maximum absolute atomic E-state index is 13.8. The highest BCUT2D eigenvalue weighted by Crippen LogP contribution is 2.34. The van der Waals surface area contributed by atoms with Crippen LogP contribution in [0.25, 0.3) is 0 Å². The predicted octanol–water partition coefficient (Wildman–Crippen LogP) is 3.00. The lowest BCUT2D eigenvalue weighted by atomic mass is 9.74. The van der Waals surface area contributed by atoms with E-state index in [2.05, 4.69) is 20.6 Å². The van der Waals surface area contributed by atoms with E-state index in [0.717, 1.165) is 29.4 Å². The summed E-state index contributed by atoms with van der Waals surface area (Å²) in [6.45, 7) is 4.72. The lowest BCUT2D eigenvalue weighted by Gasteiger charge is -2.38. The number of aromatic nitrogens is 1. The van der Waals surface area contributed by atoms with E-state index in [1.807, 2.05) is 19.2 Å². The van der Waals surface area contributed by atoms with Crippen LogP contribution >= 0.6 is 11.3 Å². The monoisotopic (exact) mass is 376 g/mol. The van der Waals surface area contributed by atoms with Crippen LogP contribution in [-0.2, 0) is 16.7 Å². The number of rotatable bonds is 5. The van der Waals surface area contributed by atoms with Crippen LogP contribution in [0.4, 0.5) is 4.39 Å². The Balaban J connectivity index is 1.66. The van der Waals surface area contributed by atoms with Gasteiger partial charge in [0.2, 0.25) is 0 Å². The highest BCUT2D eigenvalue weighted by molar-refractivity contribution is 7.11. The lowest BCUT2D eigenvalue weighted by Crippen LogP contribution is -2.48. The molecule has 2 N–H and O–H groups in total. The lowest BCUT2D eigenvalue weighted by molar-refractivity contribution is 0.0513. The molecular weight excluding hydrogens is 351 g/mol. The van der Waals surface area contributed by atoms with Gasteiger partial charge in [-0.15, -0.1) is 11.3 Å². The van der Waals surface area contributed by atoms with E-state index in [1.54, 1.807) is 30.5 Å². The Morgan fingerprint density at radius 2 is 2.15 bits per heavy atom. The van der Waals surface area contributed by atoms with Crippen molar-refractivity contribution in [2.75, 3.05) is 26.8 Å². The number of aliphatic imine (C=N–C) groups is 1. The standard InChI is InChI=1S/C19H25FN4OS/c1-14-11-22-17(26-14)12-23-18(21-2)24-13-19(6-8-25-9-7-19)15-4-3-5-16(20)10-15/h3-5,10-11H,6-9,12-13H2,1-2H3,(H2,21,23,24). The molecule has 0 aliphatic carbocycles. The molecular formula is C19H25FN4OS. The van der Waals surface area contributed by atoms with Crippen molar-refractivity contribution < 1.29 is 9.13 Å². The van der Waals surface area contributed by atoms with Gasteiger partial charge in [0, 0.05) is 43.3 Å². The minimum Gasteiger partial charge on any atom is -0.381 e. The Kier molecular flexibility index (Phi) is 6.21. The Hall–Kier alpha value is -1.99. The molecule has 0 spiro atoms. The summed E-state index contributed by atoms with van der Waals surface area (Å²) in [6, 6.07) is 6.91. The largest absolute Gasteiger partial charge is 0.381 e. The molecule has 7 heteroatoms. The zero-order valence-corrected chi connectivity index (χ0v) is 16.0. The van der Waals surface area contributed by atoms with Gasteiger partial charge in [-0.3, -0.25) is 4.99 Å². The molecule has 1 aliphatic heterocycles. The molecule has 0 bridgehead atoms. The first-order valence-corrected chi connectivity index (χ1v) is 9.63. The van der Waals surface area contributed by atoms with Crippen molar-refractivity contribution in [1.82, 2.24) is 15.6 Å². The van der Waals surface area contributed by atoms with Gasteiger partial charge in [-0.2, -0.15) is 0 Å². The van der Waals surface area contributed by atoms with Crippen LogP contribution in [0, 0.1) is 12.7 Å². The molecule has 140 valence electrons. The summed E-state index contributed by atoms with van der Waals surface area (Å²) >= 11 is 1.67. The first kappa shape index (κ1) is 18.8. The van der Waals surface area contributed by atoms with Crippen LogP contribution in [0.1, 0.15) is 28.3 Å². The van der Waals surface area contributed by atoms with E-state index < -0.39 is 0 Å². The molecule has 3 rings (SSSR count). The van der Waals surface area contributed by atoms with Crippen LogP contribution in [-0.4, -0.2) is 37.7 Å². The van der Waals surface area contributed by atoms with Gasteiger partial charge in [0.1, 0.15) is 10.8 Å². The molecule has 2 heterocycles. The van der Waals surface area contributed by atoms with Gasteiger partial charge in [-0.05, 0) is 37.5 Å². The molecule has 5 nitrogen and oxygen atoms in total. The van der Waals surface area contributed by atoms with Crippen LogP contribution < -0.4 is 10.6 Å².